The fraction of sp³-hybridized carbons (Fsp3) is 0.500. The summed E-state index contributed by atoms with van der Waals surface area (Å²) in [6, 6.07) is 4.98. The highest BCUT2D eigenvalue weighted by molar-refractivity contribution is 6.01. The molecule has 0 aliphatic carbocycles. The van der Waals surface area contributed by atoms with Crippen LogP contribution in [-0.4, -0.2) is 53.4 Å². The summed E-state index contributed by atoms with van der Waals surface area (Å²) in [4.78, 5) is 33.1. The van der Waals surface area contributed by atoms with Crippen LogP contribution in [0.2, 0.25) is 0 Å². The van der Waals surface area contributed by atoms with Crippen LogP contribution in [0.25, 0.3) is 11.0 Å². The second-order valence-electron chi connectivity index (χ2n) is 7.81. The van der Waals surface area contributed by atoms with E-state index >= 15 is 0 Å². The van der Waals surface area contributed by atoms with Gasteiger partial charge in [-0.2, -0.15) is 0 Å². The van der Waals surface area contributed by atoms with Crippen LogP contribution in [0, 0.1) is 0 Å². The second-order valence-corrected chi connectivity index (χ2v) is 7.81. The molecule has 1 aliphatic heterocycles. The lowest BCUT2D eigenvalue weighted by molar-refractivity contribution is -0.130. The molecular weight excluding hydrogens is 376 g/mol. The highest BCUT2D eigenvalue weighted by Crippen LogP contribution is 2.23. The molecule has 9 heteroatoms. The fourth-order valence-electron chi connectivity index (χ4n) is 2.98. The van der Waals surface area contributed by atoms with E-state index in [1.54, 1.807) is 45.2 Å². The van der Waals surface area contributed by atoms with Crippen molar-refractivity contribution in [3.8, 4) is 5.88 Å². The minimum absolute atomic E-state index is 0.193. The van der Waals surface area contributed by atoms with Gasteiger partial charge in [0.25, 0.3) is 5.91 Å². The number of hydrogen-bond donors (Lipinski definition) is 2. The highest BCUT2D eigenvalue weighted by atomic mass is 16.6. The molecule has 2 aromatic rings. The van der Waals surface area contributed by atoms with E-state index in [0.29, 0.717) is 35.4 Å². The Morgan fingerprint density at radius 3 is 2.66 bits per heavy atom. The SMILES string of the molecule is COc1ccc2nccc(NC(=O)C3CCC(NC(=O)OC(C)(C)C)CO3)c2n1. The Kier molecular flexibility index (Phi) is 6.17. The Labute approximate surface area is 169 Å². The van der Waals surface area contributed by atoms with Crippen molar-refractivity contribution in [2.75, 3.05) is 19.0 Å². The molecule has 0 bridgehead atoms. The number of carbonyl (C=O) groups excluding carboxylic acids is 2. The number of carbonyl (C=O) groups is 2. The van der Waals surface area contributed by atoms with Crippen molar-refractivity contribution in [3.63, 3.8) is 0 Å². The van der Waals surface area contributed by atoms with Gasteiger partial charge in [-0.15, -0.1) is 0 Å². The third-order valence-electron chi connectivity index (χ3n) is 4.31. The molecule has 1 saturated heterocycles. The lowest BCUT2D eigenvalue weighted by atomic mass is 10.0. The first-order valence-corrected chi connectivity index (χ1v) is 9.47. The first kappa shape index (κ1) is 20.8. The normalized spacial score (nSPS) is 19.4. The average Bonchev–Trinajstić information content (AvgIpc) is 2.67. The lowest BCUT2D eigenvalue weighted by Crippen LogP contribution is -2.47. The highest BCUT2D eigenvalue weighted by Gasteiger charge is 2.29. The van der Waals surface area contributed by atoms with Gasteiger partial charge in [0.2, 0.25) is 5.88 Å². The molecule has 2 N–H and O–H groups in total. The smallest absolute Gasteiger partial charge is 0.407 e. The van der Waals surface area contributed by atoms with Crippen LogP contribution in [-0.2, 0) is 14.3 Å². The molecule has 0 radical (unpaired) electrons. The number of amides is 2. The number of methoxy groups -OCH3 is 1. The maximum absolute atomic E-state index is 12.7. The largest absolute Gasteiger partial charge is 0.481 e. The molecule has 156 valence electrons. The van der Waals surface area contributed by atoms with Gasteiger partial charge in [0, 0.05) is 12.3 Å². The van der Waals surface area contributed by atoms with Gasteiger partial charge in [0.15, 0.2) is 0 Å². The maximum atomic E-state index is 12.7. The minimum atomic E-state index is -0.611. The van der Waals surface area contributed by atoms with E-state index in [9.17, 15) is 9.59 Å². The van der Waals surface area contributed by atoms with Crippen LogP contribution < -0.4 is 15.4 Å². The molecular formula is C20H26N4O5. The quantitative estimate of drug-likeness (QED) is 0.808. The molecule has 29 heavy (non-hydrogen) atoms. The number of aromatic nitrogens is 2. The van der Waals surface area contributed by atoms with Crippen molar-refractivity contribution < 1.29 is 23.8 Å². The zero-order valence-electron chi connectivity index (χ0n) is 17.0. The van der Waals surface area contributed by atoms with Crippen molar-refractivity contribution >= 4 is 28.7 Å². The summed E-state index contributed by atoms with van der Waals surface area (Å²) in [6.45, 7) is 5.65. The zero-order valence-corrected chi connectivity index (χ0v) is 17.0. The molecule has 1 aliphatic rings. The number of pyridine rings is 2. The van der Waals surface area contributed by atoms with Crippen LogP contribution >= 0.6 is 0 Å². The van der Waals surface area contributed by atoms with E-state index in [1.807, 2.05) is 0 Å². The van der Waals surface area contributed by atoms with Crippen LogP contribution in [0.5, 0.6) is 5.88 Å². The van der Waals surface area contributed by atoms with Crippen LogP contribution in [0.4, 0.5) is 10.5 Å². The number of nitrogens with zero attached hydrogens (tertiary/aromatic N) is 2. The Bertz CT molecular complexity index is 888. The van der Waals surface area contributed by atoms with Crippen LogP contribution in [0.1, 0.15) is 33.6 Å². The number of anilines is 1. The number of hydrogen-bond acceptors (Lipinski definition) is 7. The molecule has 3 heterocycles. The molecule has 2 atom stereocenters. The van der Waals surface area contributed by atoms with Crippen molar-refractivity contribution in [1.82, 2.24) is 15.3 Å². The Balaban J connectivity index is 1.58. The zero-order chi connectivity index (χ0) is 21.0. The van der Waals surface area contributed by atoms with Gasteiger partial charge in [0.1, 0.15) is 17.2 Å². The van der Waals surface area contributed by atoms with Gasteiger partial charge in [-0.3, -0.25) is 9.78 Å². The number of rotatable bonds is 4. The predicted molar refractivity (Wildman–Crippen MR) is 107 cm³/mol. The summed E-state index contributed by atoms with van der Waals surface area (Å²) in [5.74, 6) is 0.170. The van der Waals surface area contributed by atoms with Crippen molar-refractivity contribution in [1.29, 1.82) is 0 Å². The molecule has 2 unspecified atom stereocenters. The molecule has 9 nitrogen and oxygen atoms in total. The summed E-state index contributed by atoms with van der Waals surface area (Å²) in [5, 5.41) is 5.63. The van der Waals surface area contributed by atoms with Crippen molar-refractivity contribution in [2.24, 2.45) is 0 Å². The standard InChI is InChI=1S/C20H26N4O5/c1-20(2,3)29-19(26)22-12-5-7-15(28-11-12)18(25)23-14-9-10-21-13-6-8-16(27-4)24-17(13)14/h6,8-10,12,15H,5,7,11H2,1-4H3,(H,22,26)(H,21,23,25). The topological polar surface area (TPSA) is 112 Å². The van der Waals surface area contributed by atoms with E-state index in [0.717, 1.165) is 0 Å². The first-order chi connectivity index (χ1) is 13.7. The Morgan fingerprint density at radius 1 is 1.21 bits per heavy atom. The number of ether oxygens (including phenoxy) is 3. The monoisotopic (exact) mass is 402 g/mol. The molecule has 1 fully saturated rings. The van der Waals surface area contributed by atoms with Crippen molar-refractivity contribution in [2.45, 2.75) is 51.4 Å². The summed E-state index contributed by atoms with van der Waals surface area (Å²) in [6.07, 6.45) is 1.60. The fourth-order valence-corrected chi connectivity index (χ4v) is 2.98. The van der Waals surface area contributed by atoms with Gasteiger partial charge in [-0.05, 0) is 45.7 Å². The summed E-state index contributed by atoms with van der Waals surface area (Å²) in [7, 11) is 1.53. The Morgan fingerprint density at radius 2 is 2.00 bits per heavy atom. The molecule has 2 aromatic heterocycles. The van der Waals surface area contributed by atoms with E-state index in [2.05, 4.69) is 20.6 Å². The van der Waals surface area contributed by atoms with E-state index < -0.39 is 17.8 Å². The number of nitrogens with one attached hydrogen (secondary N) is 2. The third-order valence-corrected chi connectivity index (χ3v) is 4.31. The molecule has 3 rings (SSSR count). The minimum Gasteiger partial charge on any atom is -0.481 e. The van der Waals surface area contributed by atoms with E-state index in [1.165, 1.54) is 7.11 Å². The van der Waals surface area contributed by atoms with Crippen molar-refractivity contribution in [3.05, 3.63) is 24.4 Å². The van der Waals surface area contributed by atoms with Gasteiger partial charge in [-0.25, -0.2) is 9.78 Å². The average molecular weight is 402 g/mol. The van der Waals surface area contributed by atoms with E-state index in [4.69, 9.17) is 14.2 Å². The van der Waals surface area contributed by atoms with Gasteiger partial charge >= 0.3 is 6.09 Å². The summed E-state index contributed by atoms with van der Waals surface area (Å²) in [5.41, 5.74) is 1.17. The number of fused-ring (bicyclic) bond motifs is 1. The molecule has 2 amide bonds. The second kappa shape index (κ2) is 8.60. The van der Waals surface area contributed by atoms with E-state index in [-0.39, 0.29) is 18.6 Å². The van der Waals surface area contributed by atoms with Crippen LogP contribution in [0.3, 0.4) is 0 Å². The first-order valence-electron chi connectivity index (χ1n) is 9.47. The maximum Gasteiger partial charge on any atom is 0.407 e. The third kappa shape index (κ3) is 5.54. The molecule has 0 spiro atoms. The Hall–Kier alpha value is -2.94. The summed E-state index contributed by atoms with van der Waals surface area (Å²) >= 11 is 0. The summed E-state index contributed by atoms with van der Waals surface area (Å²) < 4.78 is 16.1. The van der Waals surface area contributed by atoms with Gasteiger partial charge in [-0.1, -0.05) is 0 Å². The lowest BCUT2D eigenvalue weighted by Gasteiger charge is -2.29. The number of alkyl carbamates (subject to hydrolysis) is 1. The molecule has 0 saturated carbocycles. The van der Waals surface area contributed by atoms with Gasteiger partial charge < -0.3 is 24.8 Å². The molecule has 0 aromatic carbocycles. The predicted octanol–water partition coefficient (Wildman–Crippen LogP) is 2.65. The van der Waals surface area contributed by atoms with Crippen LogP contribution in [0.15, 0.2) is 24.4 Å². The van der Waals surface area contributed by atoms with Gasteiger partial charge in [0.05, 0.1) is 31.0 Å².